The molecule has 2 aliphatic heterocycles. The third-order valence-electron chi connectivity index (χ3n) is 6.31. The van der Waals surface area contributed by atoms with Crippen LogP contribution in [0.1, 0.15) is 25.7 Å². The summed E-state index contributed by atoms with van der Waals surface area (Å²) in [5.41, 5.74) is 0.806. The fraction of sp³-hybridized carbons (Fsp3) is 0.435. The van der Waals surface area contributed by atoms with Gasteiger partial charge in [0.25, 0.3) is 5.56 Å². The maximum Gasteiger partial charge on any atom is 0.275 e. The summed E-state index contributed by atoms with van der Waals surface area (Å²) in [5.74, 6) is 0.454. The van der Waals surface area contributed by atoms with Crippen LogP contribution in [0.25, 0.3) is 21.3 Å². The van der Waals surface area contributed by atoms with Gasteiger partial charge in [-0.1, -0.05) is 24.3 Å². The number of amides is 1. The van der Waals surface area contributed by atoms with Gasteiger partial charge in [-0.25, -0.2) is 4.68 Å². The summed E-state index contributed by atoms with van der Waals surface area (Å²) in [6, 6.07) is 11.8. The molecule has 4 heterocycles. The molecule has 0 N–H and O–H groups in total. The van der Waals surface area contributed by atoms with Crippen molar-refractivity contribution in [2.75, 3.05) is 26.2 Å². The van der Waals surface area contributed by atoms with Crippen molar-refractivity contribution in [3.8, 4) is 10.6 Å². The molecule has 0 spiro atoms. The van der Waals surface area contributed by atoms with Gasteiger partial charge in [0.1, 0.15) is 5.69 Å². The second-order valence-electron chi connectivity index (χ2n) is 8.24. The molecule has 0 saturated carbocycles. The minimum atomic E-state index is -0.0545. The number of hydrogen-bond acceptors (Lipinski definition) is 5. The second-order valence-corrected chi connectivity index (χ2v) is 9.19. The average molecular weight is 423 g/mol. The van der Waals surface area contributed by atoms with Gasteiger partial charge in [0.2, 0.25) is 5.91 Å². The van der Waals surface area contributed by atoms with Crippen molar-refractivity contribution in [3.05, 3.63) is 52.1 Å². The van der Waals surface area contributed by atoms with E-state index in [4.69, 9.17) is 5.10 Å². The molecular weight excluding hydrogens is 396 g/mol. The number of rotatable bonds is 4. The monoisotopic (exact) mass is 422 g/mol. The van der Waals surface area contributed by atoms with E-state index in [-0.39, 0.29) is 11.5 Å². The molecule has 1 amide bonds. The standard InChI is InChI=1S/C23H26N4O2S/c28-22(26-11-3-4-12-26)17-9-13-25(14-10-17)16-27-23(29)19-7-2-1-6-18(19)21(24-27)20-8-5-15-30-20/h1-2,5-8,15,17H,3-4,9-14,16H2. The number of thiophene rings is 1. The third-order valence-corrected chi connectivity index (χ3v) is 7.19. The normalized spacial score (nSPS) is 18.3. The van der Waals surface area contributed by atoms with E-state index < -0.39 is 0 Å². The maximum atomic E-state index is 13.1. The van der Waals surface area contributed by atoms with Crippen LogP contribution in [0.15, 0.2) is 46.6 Å². The molecule has 0 radical (unpaired) electrons. The Balaban J connectivity index is 1.35. The molecular formula is C23H26N4O2S. The molecule has 0 bridgehead atoms. The smallest absolute Gasteiger partial charge is 0.275 e. The van der Waals surface area contributed by atoms with Crippen LogP contribution in [0.3, 0.4) is 0 Å². The van der Waals surface area contributed by atoms with Gasteiger partial charge in [-0.3, -0.25) is 14.5 Å². The average Bonchev–Trinajstić information content (AvgIpc) is 3.50. The molecule has 7 heteroatoms. The quantitative estimate of drug-likeness (QED) is 0.647. The fourth-order valence-electron chi connectivity index (χ4n) is 4.63. The highest BCUT2D eigenvalue weighted by Gasteiger charge is 2.30. The van der Waals surface area contributed by atoms with Gasteiger partial charge in [-0.2, -0.15) is 5.10 Å². The maximum absolute atomic E-state index is 13.1. The van der Waals surface area contributed by atoms with Gasteiger partial charge in [0.15, 0.2) is 0 Å². The molecule has 1 aromatic carbocycles. The van der Waals surface area contributed by atoms with Gasteiger partial charge in [0, 0.05) is 37.5 Å². The van der Waals surface area contributed by atoms with Crippen molar-refractivity contribution in [2.45, 2.75) is 32.4 Å². The molecule has 3 aromatic rings. The lowest BCUT2D eigenvalue weighted by molar-refractivity contribution is -0.136. The molecule has 2 fully saturated rings. The zero-order valence-corrected chi connectivity index (χ0v) is 17.8. The van der Waals surface area contributed by atoms with Gasteiger partial charge in [-0.05, 0) is 43.2 Å². The number of piperidine rings is 1. The van der Waals surface area contributed by atoms with Crippen LogP contribution >= 0.6 is 11.3 Å². The number of hydrogen-bond donors (Lipinski definition) is 0. The van der Waals surface area contributed by atoms with Crippen LogP contribution in [0, 0.1) is 5.92 Å². The molecule has 0 unspecified atom stereocenters. The molecule has 6 nitrogen and oxygen atoms in total. The van der Waals surface area contributed by atoms with E-state index in [0.29, 0.717) is 18.0 Å². The van der Waals surface area contributed by atoms with Crippen LogP contribution < -0.4 is 5.56 Å². The van der Waals surface area contributed by atoms with Crippen molar-refractivity contribution < 1.29 is 4.79 Å². The molecule has 2 aromatic heterocycles. The van der Waals surface area contributed by atoms with E-state index in [1.54, 1.807) is 16.0 Å². The molecule has 156 valence electrons. The topological polar surface area (TPSA) is 58.4 Å². The van der Waals surface area contributed by atoms with Crippen molar-refractivity contribution in [3.63, 3.8) is 0 Å². The van der Waals surface area contributed by atoms with Gasteiger partial charge >= 0.3 is 0 Å². The highest BCUT2D eigenvalue weighted by Crippen LogP contribution is 2.28. The number of benzene rings is 1. The fourth-order valence-corrected chi connectivity index (χ4v) is 5.36. The summed E-state index contributed by atoms with van der Waals surface area (Å²) < 4.78 is 1.60. The molecule has 30 heavy (non-hydrogen) atoms. The lowest BCUT2D eigenvalue weighted by Crippen LogP contribution is -2.43. The predicted molar refractivity (Wildman–Crippen MR) is 119 cm³/mol. The van der Waals surface area contributed by atoms with E-state index in [1.165, 1.54) is 0 Å². The Morgan fingerprint density at radius 2 is 1.73 bits per heavy atom. The second kappa shape index (κ2) is 8.32. The number of fused-ring (bicyclic) bond motifs is 1. The van der Waals surface area contributed by atoms with E-state index in [1.807, 2.05) is 46.7 Å². The first-order chi connectivity index (χ1) is 14.7. The summed E-state index contributed by atoms with van der Waals surface area (Å²) in [4.78, 5) is 31.1. The number of aromatic nitrogens is 2. The van der Waals surface area contributed by atoms with Crippen molar-refractivity contribution in [2.24, 2.45) is 5.92 Å². The Hall–Kier alpha value is -2.51. The van der Waals surface area contributed by atoms with Crippen LogP contribution in [0.4, 0.5) is 0 Å². The van der Waals surface area contributed by atoms with Crippen LogP contribution in [-0.2, 0) is 11.5 Å². The first-order valence-electron chi connectivity index (χ1n) is 10.8. The molecule has 2 aliphatic rings. The Morgan fingerprint density at radius 3 is 2.43 bits per heavy atom. The predicted octanol–water partition coefficient (Wildman–Crippen LogP) is 3.42. The Bertz CT molecular complexity index is 1090. The number of likely N-dealkylation sites (tertiary alicyclic amines) is 2. The minimum Gasteiger partial charge on any atom is -0.342 e. The summed E-state index contributed by atoms with van der Waals surface area (Å²) in [5, 5.41) is 8.39. The zero-order valence-electron chi connectivity index (χ0n) is 17.0. The molecule has 0 atom stereocenters. The van der Waals surface area contributed by atoms with E-state index in [2.05, 4.69) is 4.90 Å². The number of carbonyl (C=O) groups is 1. The first-order valence-corrected chi connectivity index (χ1v) is 11.6. The van der Waals surface area contributed by atoms with Crippen molar-refractivity contribution >= 4 is 28.0 Å². The number of carbonyl (C=O) groups excluding carboxylic acids is 1. The van der Waals surface area contributed by atoms with E-state index in [0.717, 1.165) is 67.8 Å². The van der Waals surface area contributed by atoms with E-state index in [9.17, 15) is 9.59 Å². The Labute approximate surface area is 179 Å². The van der Waals surface area contributed by atoms with Crippen LogP contribution in [0.5, 0.6) is 0 Å². The van der Waals surface area contributed by atoms with Crippen LogP contribution in [-0.4, -0.2) is 51.7 Å². The molecule has 5 rings (SSSR count). The lowest BCUT2D eigenvalue weighted by atomic mass is 9.95. The van der Waals surface area contributed by atoms with Crippen molar-refractivity contribution in [1.82, 2.24) is 19.6 Å². The SMILES string of the molecule is O=C(C1CCN(Cn2nc(-c3cccs3)c3ccccc3c2=O)CC1)N1CCCC1. The van der Waals surface area contributed by atoms with Crippen molar-refractivity contribution in [1.29, 1.82) is 0 Å². The minimum absolute atomic E-state index is 0.0545. The Kier molecular flexibility index (Phi) is 5.39. The number of nitrogens with zero attached hydrogens (tertiary/aromatic N) is 4. The molecule has 0 aliphatic carbocycles. The molecule has 2 saturated heterocycles. The summed E-state index contributed by atoms with van der Waals surface area (Å²) >= 11 is 1.63. The first kappa shape index (κ1) is 19.5. The summed E-state index contributed by atoms with van der Waals surface area (Å²) in [6.07, 6.45) is 3.98. The van der Waals surface area contributed by atoms with Gasteiger partial charge in [-0.15, -0.1) is 11.3 Å². The summed E-state index contributed by atoms with van der Waals surface area (Å²) in [6.45, 7) is 3.94. The third kappa shape index (κ3) is 3.68. The zero-order chi connectivity index (χ0) is 20.5. The van der Waals surface area contributed by atoms with Gasteiger partial charge in [0.05, 0.1) is 16.9 Å². The highest BCUT2D eigenvalue weighted by molar-refractivity contribution is 7.13. The summed E-state index contributed by atoms with van der Waals surface area (Å²) in [7, 11) is 0. The van der Waals surface area contributed by atoms with E-state index >= 15 is 0 Å². The van der Waals surface area contributed by atoms with Gasteiger partial charge < -0.3 is 4.90 Å². The largest absolute Gasteiger partial charge is 0.342 e. The highest BCUT2D eigenvalue weighted by atomic mass is 32.1. The van der Waals surface area contributed by atoms with Crippen LogP contribution in [0.2, 0.25) is 0 Å². The lowest BCUT2D eigenvalue weighted by Gasteiger charge is -2.33. The Morgan fingerprint density at radius 1 is 1.00 bits per heavy atom.